The minimum Gasteiger partial charge on any atom is -0.354 e. The molecular weight excluding hydrogens is 364 g/mol. The Balaban J connectivity index is 1.38. The van der Waals surface area contributed by atoms with E-state index < -0.39 is 0 Å². The number of nitrogens with zero attached hydrogens (tertiary/aromatic N) is 5. The van der Waals surface area contributed by atoms with Gasteiger partial charge in [-0.05, 0) is 31.2 Å². The number of fused-ring (bicyclic) bond motifs is 3. The second-order valence-electron chi connectivity index (χ2n) is 7.26. The van der Waals surface area contributed by atoms with Gasteiger partial charge in [0.2, 0.25) is 5.78 Å². The van der Waals surface area contributed by atoms with Gasteiger partial charge < -0.3 is 15.1 Å². The SMILES string of the molecule is Cc1cc(N2CCN(C(=O)Nc3ccccc3)CC2)n2c(n1)nc1ccccc12. The van der Waals surface area contributed by atoms with E-state index in [1.54, 1.807) is 0 Å². The van der Waals surface area contributed by atoms with Crippen molar-refractivity contribution < 1.29 is 4.79 Å². The Bertz CT molecular complexity index is 1180. The van der Waals surface area contributed by atoms with Crippen molar-refractivity contribution >= 4 is 34.3 Å². The van der Waals surface area contributed by atoms with Gasteiger partial charge in [0.1, 0.15) is 5.82 Å². The maximum absolute atomic E-state index is 12.6. The van der Waals surface area contributed by atoms with Gasteiger partial charge in [0, 0.05) is 43.6 Å². The first-order valence-electron chi connectivity index (χ1n) is 9.80. The number of aromatic nitrogens is 3. The molecule has 3 heterocycles. The van der Waals surface area contributed by atoms with Gasteiger partial charge in [0.05, 0.1) is 11.0 Å². The van der Waals surface area contributed by atoms with Crippen LogP contribution < -0.4 is 10.2 Å². The number of para-hydroxylation sites is 3. The monoisotopic (exact) mass is 386 g/mol. The third-order valence-corrected chi connectivity index (χ3v) is 5.30. The van der Waals surface area contributed by atoms with E-state index in [9.17, 15) is 4.79 Å². The first kappa shape index (κ1) is 17.5. The van der Waals surface area contributed by atoms with Crippen molar-refractivity contribution in [2.45, 2.75) is 6.92 Å². The molecule has 7 nitrogen and oxygen atoms in total. The molecule has 5 rings (SSSR count). The summed E-state index contributed by atoms with van der Waals surface area (Å²) in [5, 5.41) is 2.97. The molecule has 2 aromatic heterocycles. The second-order valence-corrected chi connectivity index (χ2v) is 7.26. The van der Waals surface area contributed by atoms with Crippen LogP contribution in [0.5, 0.6) is 0 Å². The zero-order chi connectivity index (χ0) is 19.8. The Morgan fingerprint density at radius 3 is 2.45 bits per heavy atom. The van der Waals surface area contributed by atoms with E-state index in [2.05, 4.69) is 36.7 Å². The summed E-state index contributed by atoms with van der Waals surface area (Å²) in [6.45, 7) is 4.83. The summed E-state index contributed by atoms with van der Waals surface area (Å²) in [6.07, 6.45) is 0. The van der Waals surface area contributed by atoms with Gasteiger partial charge in [-0.2, -0.15) is 0 Å². The van der Waals surface area contributed by atoms with Crippen molar-refractivity contribution in [1.82, 2.24) is 19.3 Å². The minimum absolute atomic E-state index is 0.0556. The number of carbonyl (C=O) groups is 1. The summed E-state index contributed by atoms with van der Waals surface area (Å²) in [6, 6.07) is 19.7. The fourth-order valence-corrected chi connectivity index (χ4v) is 3.85. The maximum Gasteiger partial charge on any atom is 0.321 e. The van der Waals surface area contributed by atoms with Crippen molar-refractivity contribution in [2.75, 3.05) is 36.4 Å². The number of hydrogen-bond donors (Lipinski definition) is 1. The smallest absolute Gasteiger partial charge is 0.321 e. The van der Waals surface area contributed by atoms with E-state index in [1.165, 1.54) is 0 Å². The number of rotatable bonds is 2. The highest BCUT2D eigenvalue weighted by molar-refractivity contribution is 5.89. The molecule has 0 radical (unpaired) electrons. The van der Waals surface area contributed by atoms with Crippen LogP contribution in [-0.4, -0.2) is 51.5 Å². The lowest BCUT2D eigenvalue weighted by molar-refractivity contribution is 0.208. The fourth-order valence-electron chi connectivity index (χ4n) is 3.85. The summed E-state index contributed by atoms with van der Waals surface area (Å²) >= 11 is 0. The summed E-state index contributed by atoms with van der Waals surface area (Å²) < 4.78 is 2.11. The van der Waals surface area contributed by atoms with Gasteiger partial charge in [0.15, 0.2) is 0 Å². The maximum atomic E-state index is 12.6. The van der Waals surface area contributed by atoms with Gasteiger partial charge in [-0.15, -0.1) is 0 Å². The van der Waals surface area contributed by atoms with Gasteiger partial charge in [-0.3, -0.25) is 4.40 Å². The van der Waals surface area contributed by atoms with E-state index in [0.29, 0.717) is 18.9 Å². The number of anilines is 2. The highest BCUT2D eigenvalue weighted by Crippen LogP contribution is 2.25. The first-order valence-corrected chi connectivity index (χ1v) is 9.80. The Labute approximate surface area is 168 Å². The van der Waals surface area contributed by atoms with Gasteiger partial charge in [-0.25, -0.2) is 14.8 Å². The van der Waals surface area contributed by atoms with Gasteiger partial charge in [-0.1, -0.05) is 30.3 Å². The highest BCUT2D eigenvalue weighted by Gasteiger charge is 2.24. The molecule has 0 atom stereocenters. The standard InChI is InChI=1S/C22H22N6O/c1-16-15-20(28-19-10-6-5-9-18(19)25-21(28)23-16)26-11-13-27(14-12-26)22(29)24-17-7-3-2-4-8-17/h2-10,15H,11-14H2,1H3,(H,24,29). The fraction of sp³-hybridized carbons (Fsp3) is 0.227. The molecule has 1 aliphatic rings. The quantitative estimate of drug-likeness (QED) is 0.572. The van der Waals surface area contributed by atoms with Crippen LogP contribution in [0.4, 0.5) is 16.3 Å². The molecule has 1 N–H and O–H groups in total. The molecule has 0 saturated carbocycles. The molecule has 2 amide bonds. The van der Waals surface area contributed by atoms with E-state index in [0.717, 1.165) is 41.3 Å². The van der Waals surface area contributed by atoms with E-state index in [4.69, 9.17) is 0 Å². The Hall–Kier alpha value is -3.61. The number of hydrogen-bond acceptors (Lipinski definition) is 4. The van der Waals surface area contributed by atoms with Crippen molar-refractivity contribution in [1.29, 1.82) is 0 Å². The lowest BCUT2D eigenvalue weighted by Gasteiger charge is -2.36. The van der Waals surface area contributed by atoms with Crippen LogP contribution in [0.1, 0.15) is 5.69 Å². The Kier molecular flexibility index (Phi) is 4.27. The number of benzene rings is 2. The number of urea groups is 1. The number of piperazine rings is 1. The normalized spacial score (nSPS) is 14.5. The minimum atomic E-state index is -0.0556. The molecule has 7 heteroatoms. The van der Waals surface area contributed by atoms with Crippen LogP contribution in [-0.2, 0) is 0 Å². The molecule has 1 saturated heterocycles. The molecule has 29 heavy (non-hydrogen) atoms. The number of carbonyl (C=O) groups excluding carboxylic acids is 1. The van der Waals surface area contributed by atoms with Gasteiger partial charge >= 0.3 is 6.03 Å². The molecule has 1 aliphatic heterocycles. The van der Waals surface area contributed by atoms with Crippen LogP contribution >= 0.6 is 0 Å². The molecule has 0 bridgehead atoms. The summed E-state index contributed by atoms with van der Waals surface area (Å²) in [5.74, 6) is 1.79. The van der Waals surface area contributed by atoms with Crippen LogP contribution in [0.3, 0.4) is 0 Å². The molecule has 2 aromatic carbocycles. The number of nitrogens with one attached hydrogen (secondary N) is 1. The van der Waals surface area contributed by atoms with Crippen molar-refractivity contribution in [3.63, 3.8) is 0 Å². The number of imidazole rings is 1. The molecule has 0 spiro atoms. The first-order chi connectivity index (χ1) is 14.2. The summed E-state index contributed by atoms with van der Waals surface area (Å²) in [5.41, 5.74) is 3.74. The van der Waals surface area contributed by atoms with E-state index in [1.807, 2.05) is 60.4 Å². The van der Waals surface area contributed by atoms with Crippen molar-refractivity contribution in [3.8, 4) is 0 Å². The zero-order valence-electron chi connectivity index (χ0n) is 16.2. The summed E-state index contributed by atoms with van der Waals surface area (Å²) in [7, 11) is 0. The van der Waals surface area contributed by atoms with Gasteiger partial charge in [0.25, 0.3) is 0 Å². The third-order valence-electron chi connectivity index (χ3n) is 5.30. The average Bonchev–Trinajstić information content (AvgIpc) is 3.12. The average molecular weight is 386 g/mol. The molecule has 0 aliphatic carbocycles. The van der Waals surface area contributed by atoms with E-state index in [-0.39, 0.29) is 6.03 Å². The van der Waals surface area contributed by atoms with Crippen LogP contribution in [0.15, 0.2) is 60.7 Å². The predicted octanol–water partition coefficient (Wildman–Crippen LogP) is 3.55. The molecule has 0 unspecified atom stereocenters. The van der Waals surface area contributed by atoms with Crippen LogP contribution in [0, 0.1) is 6.92 Å². The van der Waals surface area contributed by atoms with E-state index >= 15 is 0 Å². The van der Waals surface area contributed by atoms with Crippen molar-refractivity contribution in [2.24, 2.45) is 0 Å². The van der Waals surface area contributed by atoms with Crippen molar-refractivity contribution in [3.05, 3.63) is 66.4 Å². The lowest BCUT2D eigenvalue weighted by Crippen LogP contribution is -2.50. The van der Waals surface area contributed by atoms with Crippen LogP contribution in [0.25, 0.3) is 16.8 Å². The largest absolute Gasteiger partial charge is 0.354 e. The third kappa shape index (κ3) is 3.24. The number of amides is 2. The Morgan fingerprint density at radius 1 is 0.931 bits per heavy atom. The highest BCUT2D eigenvalue weighted by atomic mass is 16.2. The lowest BCUT2D eigenvalue weighted by atomic mass is 10.3. The molecular formula is C22H22N6O. The molecule has 146 valence electrons. The zero-order valence-corrected chi connectivity index (χ0v) is 16.2. The number of aryl methyl sites for hydroxylation is 1. The van der Waals surface area contributed by atoms with Crippen LogP contribution in [0.2, 0.25) is 0 Å². The summed E-state index contributed by atoms with van der Waals surface area (Å²) in [4.78, 5) is 26.0. The Morgan fingerprint density at radius 2 is 1.66 bits per heavy atom. The topological polar surface area (TPSA) is 65.8 Å². The molecule has 4 aromatic rings. The second kappa shape index (κ2) is 7.09. The predicted molar refractivity (Wildman–Crippen MR) is 114 cm³/mol. The molecule has 1 fully saturated rings.